The minimum atomic E-state index is -0.665. The molecule has 0 spiro atoms. The van der Waals surface area contributed by atoms with E-state index in [-0.39, 0.29) is 22.8 Å². The van der Waals surface area contributed by atoms with E-state index in [4.69, 9.17) is 5.26 Å². The van der Waals surface area contributed by atoms with E-state index in [0.29, 0.717) is 12.8 Å². The van der Waals surface area contributed by atoms with Gasteiger partial charge in [0.15, 0.2) is 0 Å². The number of nitro groups is 1. The van der Waals surface area contributed by atoms with Gasteiger partial charge in [0.05, 0.1) is 22.1 Å². The van der Waals surface area contributed by atoms with Crippen molar-refractivity contribution in [3.05, 3.63) is 33.9 Å². The lowest BCUT2D eigenvalue weighted by Gasteiger charge is -2.26. The molecular weight excluding hydrogens is 272 g/mol. The van der Waals surface area contributed by atoms with Gasteiger partial charge in [0, 0.05) is 6.07 Å². The molecule has 2 N–H and O–H groups in total. The normalized spacial score (nSPS) is 20.8. The molecule has 1 fully saturated rings. The van der Waals surface area contributed by atoms with Crippen molar-refractivity contribution in [3.63, 3.8) is 0 Å². The summed E-state index contributed by atoms with van der Waals surface area (Å²) in [5, 5.41) is 25.7. The minimum Gasteiger partial charge on any atom is -0.319 e. The van der Waals surface area contributed by atoms with E-state index in [1.807, 2.05) is 13.0 Å². The van der Waals surface area contributed by atoms with Crippen LogP contribution in [0.4, 0.5) is 11.4 Å². The lowest BCUT2D eigenvalue weighted by Crippen LogP contribution is -2.50. The Labute approximate surface area is 122 Å². The summed E-state index contributed by atoms with van der Waals surface area (Å²) < 4.78 is 0. The maximum Gasteiger partial charge on any atom is 0.294 e. The number of carbonyl (C=O) groups excluding carboxylic acids is 1. The predicted molar refractivity (Wildman–Crippen MR) is 76.7 cm³/mol. The zero-order valence-electron chi connectivity index (χ0n) is 11.7. The van der Waals surface area contributed by atoms with Crippen LogP contribution in [-0.2, 0) is 4.79 Å². The van der Waals surface area contributed by atoms with Crippen LogP contribution in [0.15, 0.2) is 18.2 Å². The van der Waals surface area contributed by atoms with Gasteiger partial charge >= 0.3 is 0 Å². The van der Waals surface area contributed by atoms with Gasteiger partial charge in [-0.2, -0.15) is 5.26 Å². The Hall–Kier alpha value is -2.46. The standard InChI is InChI=1S/C14H16N4O3/c1-2-14(6-3-7-16-14)13(19)17-11-5-4-10(9-15)8-12(11)18(20)21/h4-5,8,16H,2-3,6-7H2,1H3,(H,17,19). The molecule has 1 aliphatic rings. The van der Waals surface area contributed by atoms with Crippen molar-refractivity contribution in [3.8, 4) is 6.07 Å². The Morgan fingerprint density at radius 2 is 2.38 bits per heavy atom. The zero-order chi connectivity index (χ0) is 15.5. The third kappa shape index (κ3) is 2.85. The van der Waals surface area contributed by atoms with E-state index in [2.05, 4.69) is 10.6 Å². The Kier molecular flexibility index (Phi) is 4.19. The van der Waals surface area contributed by atoms with E-state index in [0.717, 1.165) is 19.0 Å². The molecule has 1 aromatic carbocycles. The number of anilines is 1. The number of hydrogen-bond acceptors (Lipinski definition) is 5. The van der Waals surface area contributed by atoms with Crippen molar-refractivity contribution < 1.29 is 9.72 Å². The third-order valence-corrected chi connectivity index (χ3v) is 3.85. The summed E-state index contributed by atoms with van der Waals surface area (Å²) in [6.45, 7) is 2.67. The van der Waals surface area contributed by atoms with Gasteiger partial charge in [-0.05, 0) is 37.9 Å². The Morgan fingerprint density at radius 3 is 2.90 bits per heavy atom. The molecule has 7 heteroatoms. The summed E-state index contributed by atoms with van der Waals surface area (Å²) >= 11 is 0. The Balaban J connectivity index is 2.29. The summed E-state index contributed by atoms with van der Waals surface area (Å²) in [7, 11) is 0. The van der Waals surface area contributed by atoms with E-state index in [9.17, 15) is 14.9 Å². The first-order chi connectivity index (χ1) is 10.0. The fourth-order valence-corrected chi connectivity index (χ4v) is 2.56. The molecule has 1 saturated heterocycles. The molecule has 2 rings (SSSR count). The van der Waals surface area contributed by atoms with Crippen LogP contribution in [0, 0.1) is 21.4 Å². The number of hydrogen-bond donors (Lipinski definition) is 2. The summed E-state index contributed by atoms with van der Waals surface area (Å²) in [5.74, 6) is -0.268. The van der Waals surface area contributed by atoms with E-state index >= 15 is 0 Å². The first-order valence-electron chi connectivity index (χ1n) is 6.77. The average Bonchev–Trinajstić information content (AvgIpc) is 2.97. The van der Waals surface area contributed by atoms with Crippen LogP contribution in [0.2, 0.25) is 0 Å². The van der Waals surface area contributed by atoms with Crippen molar-refractivity contribution in [2.24, 2.45) is 0 Å². The maximum atomic E-state index is 12.4. The zero-order valence-corrected chi connectivity index (χ0v) is 11.7. The van der Waals surface area contributed by atoms with Gasteiger partial charge in [-0.1, -0.05) is 6.92 Å². The molecule has 1 unspecified atom stereocenters. The Morgan fingerprint density at radius 1 is 1.62 bits per heavy atom. The van der Waals surface area contributed by atoms with Crippen LogP contribution >= 0.6 is 0 Å². The third-order valence-electron chi connectivity index (χ3n) is 3.85. The lowest BCUT2D eigenvalue weighted by atomic mass is 9.93. The average molecular weight is 288 g/mol. The van der Waals surface area contributed by atoms with Gasteiger partial charge in [0.25, 0.3) is 5.69 Å². The molecular formula is C14H16N4O3. The molecule has 1 amide bonds. The number of benzene rings is 1. The molecule has 0 radical (unpaired) electrons. The van der Waals surface area contributed by atoms with Gasteiger partial charge in [-0.25, -0.2) is 0 Å². The molecule has 0 bridgehead atoms. The minimum absolute atomic E-state index is 0.116. The second-order valence-corrected chi connectivity index (χ2v) is 5.02. The number of nitrogens with zero attached hydrogens (tertiary/aromatic N) is 2. The van der Waals surface area contributed by atoms with E-state index in [1.54, 1.807) is 0 Å². The number of rotatable bonds is 4. The van der Waals surface area contributed by atoms with Crippen LogP contribution < -0.4 is 10.6 Å². The number of nitro benzene ring substituents is 1. The monoisotopic (exact) mass is 288 g/mol. The SMILES string of the molecule is CCC1(C(=O)Nc2ccc(C#N)cc2[N+](=O)[O-])CCCN1. The Bertz CT molecular complexity index is 615. The molecule has 1 heterocycles. The topological polar surface area (TPSA) is 108 Å². The van der Waals surface area contributed by atoms with Crippen LogP contribution in [0.25, 0.3) is 0 Å². The van der Waals surface area contributed by atoms with Crippen molar-refractivity contribution in [1.29, 1.82) is 5.26 Å². The fraction of sp³-hybridized carbons (Fsp3) is 0.429. The molecule has 1 aromatic rings. The van der Waals surface area contributed by atoms with Crippen LogP contribution in [-0.4, -0.2) is 22.9 Å². The van der Waals surface area contributed by atoms with Crippen molar-refractivity contribution in [2.75, 3.05) is 11.9 Å². The first-order valence-corrected chi connectivity index (χ1v) is 6.77. The first kappa shape index (κ1) is 14.9. The number of carbonyl (C=O) groups is 1. The van der Waals surface area contributed by atoms with E-state index in [1.165, 1.54) is 12.1 Å². The highest BCUT2D eigenvalue weighted by atomic mass is 16.6. The number of nitriles is 1. The molecule has 0 aromatic heterocycles. The quantitative estimate of drug-likeness (QED) is 0.650. The fourth-order valence-electron chi connectivity index (χ4n) is 2.56. The number of nitrogens with one attached hydrogen (secondary N) is 2. The highest BCUT2D eigenvalue weighted by Gasteiger charge is 2.39. The lowest BCUT2D eigenvalue weighted by molar-refractivity contribution is -0.384. The summed E-state index contributed by atoms with van der Waals surface area (Å²) in [6, 6.07) is 5.85. The smallest absolute Gasteiger partial charge is 0.294 e. The molecule has 0 aliphatic carbocycles. The van der Waals surface area contributed by atoms with Crippen LogP contribution in [0.5, 0.6) is 0 Å². The second-order valence-electron chi connectivity index (χ2n) is 5.02. The molecule has 21 heavy (non-hydrogen) atoms. The molecule has 1 aliphatic heterocycles. The number of amides is 1. The predicted octanol–water partition coefficient (Wildman–Crippen LogP) is 1.94. The van der Waals surface area contributed by atoms with Gasteiger partial charge in [-0.15, -0.1) is 0 Å². The van der Waals surface area contributed by atoms with Gasteiger partial charge in [0.1, 0.15) is 5.69 Å². The van der Waals surface area contributed by atoms with Gasteiger partial charge in [-0.3, -0.25) is 14.9 Å². The molecule has 1 atom stereocenters. The van der Waals surface area contributed by atoms with Crippen molar-refractivity contribution in [2.45, 2.75) is 31.7 Å². The summed E-state index contributed by atoms with van der Waals surface area (Å²) in [4.78, 5) is 22.9. The summed E-state index contributed by atoms with van der Waals surface area (Å²) in [6.07, 6.45) is 2.22. The molecule has 0 saturated carbocycles. The van der Waals surface area contributed by atoms with Gasteiger partial charge in [0.2, 0.25) is 5.91 Å². The highest BCUT2D eigenvalue weighted by molar-refractivity contribution is 6.00. The molecule has 7 nitrogen and oxygen atoms in total. The highest BCUT2D eigenvalue weighted by Crippen LogP contribution is 2.29. The van der Waals surface area contributed by atoms with Crippen LogP contribution in [0.3, 0.4) is 0 Å². The van der Waals surface area contributed by atoms with E-state index < -0.39 is 10.5 Å². The van der Waals surface area contributed by atoms with Crippen LogP contribution in [0.1, 0.15) is 31.7 Å². The molecule has 110 valence electrons. The van der Waals surface area contributed by atoms with Crippen molar-refractivity contribution in [1.82, 2.24) is 5.32 Å². The largest absolute Gasteiger partial charge is 0.319 e. The summed E-state index contributed by atoms with van der Waals surface area (Å²) in [5.41, 5.74) is -0.636. The maximum absolute atomic E-state index is 12.4. The second kappa shape index (κ2) is 5.89. The van der Waals surface area contributed by atoms with Crippen molar-refractivity contribution >= 4 is 17.3 Å². The van der Waals surface area contributed by atoms with Gasteiger partial charge < -0.3 is 10.6 Å².